The number of para-hydroxylation sites is 1. The van der Waals surface area contributed by atoms with Crippen molar-refractivity contribution < 1.29 is 0 Å². The van der Waals surface area contributed by atoms with Crippen molar-refractivity contribution in [1.29, 1.82) is 0 Å². The van der Waals surface area contributed by atoms with Crippen LogP contribution in [0.25, 0.3) is 111 Å². The van der Waals surface area contributed by atoms with Gasteiger partial charge in [0.25, 0.3) is 0 Å². The highest BCUT2D eigenvalue weighted by Gasteiger charge is 2.36. The second-order valence-corrected chi connectivity index (χ2v) is 17.0. The molecule has 1 aliphatic rings. The highest BCUT2D eigenvalue weighted by atomic mass is 15.0. The summed E-state index contributed by atoms with van der Waals surface area (Å²) in [6.07, 6.45) is 0. The van der Waals surface area contributed by atoms with Gasteiger partial charge in [-0.2, -0.15) is 0 Å². The zero-order valence-electron chi connectivity index (χ0n) is 34.9. The first-order chi connectivity index (χ1) is 31.0. The van der Waals surface area contributed by atoms with Crippen molar-refractivity contribution in [3.8, 4) is 78.8 Å². The van der Waals surface area contributed by atoms with E-state index < -0.39 is 0 Å². The van der Waals surface area contributed by atoms with E-state index in [9.17, 15) is 0 Å². The van der Waals surface area contributed by atoms with Crippen molar-refractivity contribution in [2.75, 3.05) is 0 Å². The second kappa shape index (κ2) is 14.5. The van der Waals surface area contributed by atoms with E-state index in [4.69, 9.17) is 19.9 Å². The minimum atomic E-state index is -0.175. The van der Waals surface area contributed by atoms with Gasteiger partial charge in [-0.05, 0) is 91.0 Å². The van der Waals surface area contributed by atoms with E-state index in [1.54, 1.807) is 0 Å². The van der Waals surface area contributed by atoms with Gasteiger partial charge in [-0.15, -0.1) is 0 Å². The molecular weight excluding hydrogens is 765 g/mol. The van der Waals surface area contributed by atoms with Gasteiger partial charge in [-0.25, -0.2) is 19.9 Å². The SMILES string of the molecule is CC1(C)c2cc(-c3cc(-c4ccc(-c5nc6ccccc6c6ccccc56)cc4)cc(-c4nc(-c5ccccc5)nc(-c5ccccc5)n4)c3)ccc2-c2c1ccc1ccccc21. The van der Waals surface area contributed by atoms with E-state index in [-0.39, 0.29) is 5.41 Å². The Balaban J connectivity index is 1.04. The van der Waals surface area contributed by atoms with Crippen molar-refractivity contribution >= 4 is 32.4 Å². The Bertz CT molecular complexity index is 3520. The summed E-state index contributed by atoms with van der Waals surface area (Å²) in [5, 5.41) is 6.07. The molecule has 63 heavy (non-hydrogen) atoms. The largest absolute Gasteiger partial charge is 0.247 e. The molecule has 4 heteroatoms. The van der Waals surface area contributed by atoms with Crippen molar-refractivity contribution in [3.63, 3.8) is 0 Å². The van der Waals surface area contributed by atoms with Crippen molar-refractivity contribution in [3.05, 3.63) is 217 Å². The molecule has 0 amide bonds. The molecule has 4 nitrogen and oxygen atoms in total. The van der Waals surface area contributed by atoms with E-state index >= 15 is 0 Å². The molecule has 2 aromatic heterocycles. The molecule has 0 fully saturated rings. The van der Waals surface area contributed by atoms with E-state index in [1.807, 2.05) is 36.4 Å². The molecule has 0 radical (unpaired) electrons. The highest BCUT2D eigenvalue weighted by Crippen LogP contribution is 2.52. The predicted octanol–water partition coefficient (Wildman–Crippen LogP) is 15.0. The summed E-state index contributed by atoms with van der Waals surface area (Å²) < 4.78 is 0. The van der Waals surface area contributed by atoms with E-state index in [0.29, 0.717) is 17.5 Å². The first-order valence-electron chi connectivity index (χ1n) is 21.5. The Hall–Kier alpha value is -8.08. The molecule has 0 saturated carbocycles. The van der Waals surface area contributed by atoms with Crippen LogP contribution in [0.2, 0.25) is 0 Å². The summed E-state index contributed by atoms with van der Waals surface area (Å²) >= 11 is 0. The Morgan fingerprint density at radius 3 is 1.54 bits per heavy atom. The number of nitrogens with zero attached hydrogens (tertiary/aromatic N) is 4. The molecule has 2 heterocycles. The number of benzene rings is 9. The van der Waals surface area contributed by atoms with Crippen LogP contribution in [-0.4, -0.2) is 19.9 Å². The Labute approximate surface area is 366 Å². The predicted molar refractivity (Wildman–Crippen MR) is 260 cm³/mol. The van der Waals surface area contributed by atoms with Crippen LogP contribution in [0, 0.1) is 0 Å². The molecule has 0 unspecified atom stereocenters. The van der Waals surface area contributed by atoms with Gasteiger partial charge in [0.15, 0.2) is 17.5 Å². The lowest BCUT2D eigenvalue weighted by Gasteiger charge is -2.22. The normalized spacial score (nSPS) is 12.7. The van der Waals surface area contributed by atoms with Crippen LogP contribution in [0.15, 0.2) is 206 Å². The summed E-state index contributed by atoms with van der Waals surface area (Å²) in [5.74, 6) is 1.89. The average molecular weight is 805 g/mol. The minimum Gasteiger partial charge on any atom is -0.247 e. The van der Waals surface area contributed by atoms with Crippen LogP contribution in [0.5, 0.6) is 0 Å². The smallest absolute Gasteiger partial charge is 0.164 e. The van der Waals surface area contributed by atoms with Crippen molar-refractivity contribution in [2.45, 2.75) is 19.3 Å². The second-order valence-electron chi connectivity index (χ2n) is 17.0. The summed E-state index contributed by atoms with van der Waals surface area (Å²) in [6, 6.07) is 73.3. The molecule has 11 aromatic rings. The first-order valence-corrected chi connectivity index (χ1v) is 21.5. The van der Waals surface area contributed by atoms with Crippen molar-refractivity contribution in [2.24, 2.45) is 0 Å². The zero-order valence-corrected chi connectivity index (χ0v) is 34.9. The lowest BCUT2D eigenvalue weighted by Crippen LogP contribution is -2.15. The molecule has 296 valence electrons. The number of aromatic nitrogens is 4. The molecule has 0 saturated heterocycles. The van der Waals surface area contributed by atoms with Crippen LogP contribution >= 0.6 is 0 Å². The number of rotatable bonds is 6. The van der Waals surface area contributed by atoms with Gasteiger partial charge in [0.1, 0.15) is 0 Å². The fourth-order valence-electron chi connectivity index (χ4n) is 9.66. The summed E-state index contributed by atoms with van der Waals surface area (Å²) in [5.41, 5.74) is 15.4. The van der Waals surface area contributed by atoms with E-state index in [2.05, 4.69) is 184 Å². The molecule has 0 N–H and O–H groups in total. The standard InChI is InChI=1S/C59H40N4/c1-59(2)51-32-30-38-15-9-10-20-46(38)54(51)50-31-29-42(36-52(50)59)44-33-43(37-25-27-39(28-26-37)55-49-23-12-11-21-47(49)48-22-13-14-24-53(48)60-55)34-45(35-44)58-62-56(40-16-5-3-6-17-40)61-57(63-58)41-18-7-4-8-19-41/h3-36H,1-2H3. The van der Waals surface area contributed by atoms with Gasteiger partial charge in [-0.1, -0.05) is 190 Å². The summed E-state index contributed by atoms with van der Waals surface area (Å²) in [4.78, 5) is 20.6. The van der Waals surface area contributed by atoms with Crippen LogP contribution in [0.3, 0.4) is 0 Å². The zero-order chi connectivity index (χ0) is 42.1. The topological polar surface area (TPSA) is 51.6 Å². The highest BCUT2D eigenvalue weighted by molar-refractivity contribution is 6.11. The van der Waals surface area contributed by atoms with E-state index in [1.165, 1.54) is 38.4 Å². The summed E-state index contributed by atoms with van der Waals surface area (Å²) in [7, 11) is 0. The quantitative estimate of drug-likeness (QED) is 0.157. The minimum absolute atomic E-state index is 0.175. The fraction of sp³-hybridized carbons (Fsp3) is 0.0508. The molecule has 9 aromatic carbocycles. The molecule has 0 spiro atoms. The number of pyridine rings is 1. The third kappa shape index (κ3) is 6.22. The van der Waals surface area contributed by atoms with Crippen LogP contribution in [0.1, 0.15) is 25.0 Å². The van der Waals surface area contributed by atoms with Gasteiger partial charge < -0.3 is 0 Å². The number of hydrogen-bond acceptors (Lipinski definition) is 4. The van der Waals surface area contributed by atoms with Gasteiger partial charge in [-0.3, -0.25) is 0 Å². The molecule has 0 aliphatic heterocycles. The maximum Gasteiger partial charge on any atom is 0.164 e. The van der Waals surface area contributed by atoms with Crippen molar-refractivity contribution in [1.82, 2.24) is 19.9 Å². The molecule has 0 atom stereocenters. The Morgan fingerprint density at radius 1 is 0.317 bits per heavy atom. The van der Waals surface area contributed by atoms with Gasteiger partial charge in [0.2, 0.25) is 0 Å². The lowest BCUT2D eigenvalue weighted by molar-refractivity contribution is 0.661. The Kier molecular flexibility index (Phi) is 8.48. The molecular formula is C59H40N4. The van der Waals surface area contributed by atoms with Crippen LogP contribution in [-0.2, 0) is 5.41 Å². The Morgan fingerprint density at radius 2 is 0.841 bits per heavy atom. The maximum atomic E-state index is 5.20. The van der Waals surface area contributed by atoms with E-state index in [0.717, 1.165) is 66.5 Å². The monoisotopic (exact) mass is 804 g/mol. The van der Waals surface area contributed by atoms with Crippen LogP contribution in [0.4, 0.5) is 0 Å². The average Bonchev–Trinajstić information content (AvgIpc) is 3.59. The molecule has 1 aliphatic carbocycles. The molecule has 0 bridgehead atoms. The number of fused-ring (bicyclic) bond motifs is 8. The summed E-state index contributed by atoms with van der Waals surface area (Å²) in [6.45, 7) is 4.71. The third-order valence-corrected chi connectivity index (χ3v) is 12.9. The number of hydrogen-bond donors (Lipinski definition) is 0. The third-order valence-electron chi connectivity index (χ3n) is 12.9. The van der Waals surface area contributed by atoms with Crippen LogP contribution < -0.4 is 0 Å². The fourth-order valence-corrected chi connectivity index (χ4v) is 9.66. The van der Waals surface area contributed by atoms with Gasteiger partial charge >= 0.3 is 0 Å². The van der Waals surface area contributed by atoms with Gasteiger partial charge in [0.05, 0.1) is 11.2 Å². The maximum absolute atomic E-state index is 5.20. The first kappa shape index (κ1) is 36.7. The van der Waals surface area contributed by atoms with Gasteiger partial charge in [0, 0.05) is 38.4 Å². The lowest BCUT2D eigenvalue weighted by atomic mass is 9.81. The molecule has 12 rings (SSSR count).